The van der Waals surface area contributed by atoms with E-state index in [0.717, 1.165) is 56.6 Å². The summed E-state index contributed by atoms with van der Waals surface area (Å²) in [5.74, 6) is 1.92. The van der Waals surface area contributed by atoms with Gasteiger partial charge < -0.3 is 24.6 Å². The third kappa shape index (κ3) is 7.35. The number of hydrogen-bond acceptors (Lipinski definition) is 5. The van der Waals surface area contributed by atoms with Crippen LogP contribution in [0.3, 0.4) is 0 Å². The Morgan fingerprint density at radius 1 is 1.46 bits per heavy atom. The number of guanidine groups is 1. The fourth-order valence-electron chi connectivity index (χ4n) is 2.25. The number of hydrogen-bond donors (Lipinski definition) is 2. The van der Waals surface area contributed by atoms with Gasteiger partial charge in [-0.25, -0.2) is 0 Å². The quantitative estimate of drug-likeness (QED) is 0.273. The second-order valence-corrected chi connectivity index (χ2v) is 5.94. The second kappa shape index (κ2) is 11.6. The van der Waals surface area contributed by atoms with Crippen molar-refractivity contribution in [1.82, 2.24) is 15.8 Å². The number of aromatic nitrogens is 1. The van der Waals surface area contributed by atoms with Crippen molar-refractivity contribution in [2.45, 2.75) is 45.3 Å². The maximum absolute atomic E-state index is 5.72. The summed E-state index contributed by atoms with van der Waals surface area (Å²) in [6, 6.07) is 1.97. The highest BCUT2D eigenvalue weighted by Crippen LogP contribution is 2.13. The molecule has 24 heavy (non-hydrogen) atoms. The van der Waals surface area contributed by atoms with Crippen molar-refractivity contribution >= 4 is 29.9 Å². The summed E-state index contributed by atoms with van der Waals surface area (Å²) in [5.41, 5.74) is 0.970. The van der Waals surface area contributed by atoms with E-state index in [9.17, 15) is 0 Å². The molecule has 0 bridgehead atoms. The van der Waals surface area contributed by atoms with E-state index in [1.807, 2.05) is 6.07 Å². The fraction of sp³-hybridized carbons (Fsp3) is 0.750. The van der Waals surface area contributed by atoms with Crippen LogP contribution in [-0.2, 0) is 16.0 Å². The van der Waals surface area contributed by atoms with Gasteiger partial charge in [0.1, 0.15) is 0 Å². The van der Waals surface area contributed by atoms with Crippen LogP contribution in [0.15, 0.2) is 15.6 Å². The molecule has 1 aliphatic heterocycles. The van der Waals surface area contributed by atoms with Gasteiger partial charge in [0.2, 0.25) is 0 Å². The molecule has 1 atom stereocenters. The van der Waals surface area contributed by atoms with Crippen LogP contribution in [-0.4, -0.2) is 50.6 Å². The molecule has 0 aromatic carbocycles. The zero-order valence-corrected chi connectivity index (χ0v) is 17.0. The largest absolute Gasteiger partial charge is 0.379 e. The number of aliphatic imine (C=N–C) groups is 1. The molecule has 1 aromatic heterocycles. The number of rotatable bonds is 8. The summed E-state index contributed by atoms with van der Waals surface area (Å²) >= 11 is 0. The molecule has 8 heteroatoms. The van der Waals surface area contributed by atoms with E-state index in [1.54, 1.807) is 7.05 Å². The molecular formula is C16H29IN4O3. The van der Waals surface area contributed by atoms with Crippen LogP contribution < -0.4 is 10.6 Å². The van der Waals surface area contributed by atoms with Crippen molar-refractivity contribution in [3.8, 4) is 0 Å². The Bertz CT molecular complexity index is 487. The Morgan fingerprint density at radius 2 is 2.29 bits per heavy atom. The Balaban J connectivity index is 0.00000288. The average Bonchev–Trinajstić information content (AvgIpc) is 3.21. The van der Waals surface area contributed by atoms with E-state index in [2.05, 4.69) is 34.6 Å². The van der Waals surface area contributed by atoms with E-state index >= 15 is 0 Å². The van der Waals surface area contributed by atoms with Gasteiger partial charge in [-0.05, 0) is 18.8 Å². The van der Waals surface area contributed by atoms with Gasteiger partial charge in [-0.3, -0.25) is 4.99 Å². The molecule has 2 rings (SSSR count). The van der Waals surface area contributed by atoms with Gasteiger partial charge in [-0.2, -0.15) is 0 Å². The predicted molar refractivity (Wildman–Crippen MR) is 104 cm³/mol. The molecule has 2 heterocycles. The van der Waals surface area contributed by atoms with Crippen molar-refractivity contribution in [2.75, 3.05) is 33.4 Å². The molecule has 0 aliphatic carbocycles. The fourth-order valence-corrected chi connectivity index (χ4v) is 2.25. The van der Waals surface area contributed by atoms with E-state index < -0.39 is 0 Å². The van der Waals surface area contributed by atoms with E-state index in [4.69, 9.17) is 14.0 Å². The van der Waals surface area contributed by atoms with E-state index in [1.165, 1.54) is 0 Å². The Labute approximate surface area is 161 Å². The first-order chi connectivity index (χ1) is 11.2. The first-order valence-electron chi connectivity index (χ1n) is 8.28. The molecule has 1 aliphatic rings. The van der Waals surface area contributed by atoms with Crippen LogP contribution in [0.25, 0.3) is 0 Å². The van der Waals surface area contributed by atoms with Crippen molar-refractivity contribution in [1.29, 1.82) is 0 Å². The van der Waals surface area contributed by atoms with Crippen molar-refractivity contribution in [3.63, 3.8) is 0 Å². The highest BCUT2D eigenvalue weighted by Gasteiger charge is 2.15. The summed E-state index contributed by atoms with van der Waals surface area (Å²) in [6.45, 7) is 7.84. The van der Waals surface area contributed by atoms with Crippen LogP contribution in [0.2, 0.25) is 0 Å². The summed E-state index contributed by atoms with van der Waals surface area (Å²) in [4.78, 5) is 4.19. The molecule has 0 saturated carbocycles. The topological polar surface area (TPSA) is 80.9 Å². The van der Waals surface area contributed by atoms with Gasteiger partial charge in [-0.1, -0.05) is 19.0 Å². The average molecular weight is 452 g/mol. The van der Waals surface area contributed by atoms with E-state index in [0.29, 0.717) is 12.5 Å². The lowest BCUT2D eigenvalue weighted by Crippen LogP contribution is -2.37. The minimum Gasteiger partial charge on any atom is -0.379 e. The molecule has 2 N–H and O–H groups in total. The van der Waals surface area contributed by atoms with Crippen LogP contribution in [0.1, 0.15) is 44.1 Å². The molecule has 0 amide bonds. The van der Waals surface area contributed by atoms with Crippen LogP contribution in [0.4, 0.5) is 0 Å². The standard InChI is InChI=1S/C16H28N4O3.HI/c1-12(2)15-9-14(23-20-15)10-19-16(17-3)18-6-4-7-22-13-5-8-21-11-13;/h9,12-13H,4-8,10-11H2,1-3H3,(H2,17,18,19);1H. The highest BCUT2D eigenvalue weighted by molar-refractivity contribution is 14.0. The minimum atomic E-state index is 0. The Morgan fingerprint density at radius 3 is 2.92 bits per heavy atom. The molecule has 1 saturated heterocycles. The maximum Gasteiger partial charge on any atom is 0.191 e. The lowest BCUT2D eigenvalue weighted by Gasteiger charge is -2.12. The molecule has 7 nitrogen and oxygen atoms in total. The first-order valence-corrected chi connectivity index (χ1v) is 8.28. The van der Waals surface area contributed by atoms with Gasteiger partial charge >= 0.3 is 0 Å². The summed E-state index contributed by atoms with van der Waals surface area (Å²) in [5, 5.41) is 10.5. The first kappa shape index (κ1) is 21.2. The summed E-state index contributed by atoms with van der Waals surface area (Å²) < 4.78 is 16.3. The van der Waals surface area contributed by atoms with Crippen LogP contribution in [0.5, 0.6) is 0 Å². The molecule has 1 fully saturated rings. The molecule has 0 spiro atoms. The lowest BCUT2D eigenvalue weighted by molar-refractivity contribution is 0.0420. The Kier molecular flexibility index (Phi) is 10.3. The number of nitrogens with zero attached hydrogens (tertiary/aromatic N) is 2. The number of ether oxygens (including phenoxy) is 2. The maximum atomic E-state index is 5.72. The SMILES string of the molecule is CN=C(NCCCOC1CCOC1)NCc1cc(C(C)C)no1.I. The highest BCUT2D eigenvalue weighted by atomic mass is 127. The van der Waals surface area contributed by atoms with Gasteiger partial charge in [0.15, 0.2) is 11.7 Å². The molecular weight excluding hydrogens is 423 g/mol. The van der Waals surface area contributed by atoms with Gasteiger partial charge in [0, 0.05) is 32.9 Å². The molecule has 138 valence electrons. The van der Waals surface area contributed by atoms with Crippen molar-refractivity contribution in [2.24, 2.45) is 4.99 Å². The number of nitrogens with one attached hydrogen (secondary N) is 2. The summed E-state index contributed by atoms with van der Waals surface area (Å²) in [7, 11) is 1.75. The van der Waals surface area contributed by atoms with Gasteiger partial charge in [0.05, 0.1) is 24.9 Å². The lowest BCUT2D eigenvalue weighted by atomic mass is 10.1. The van der Waals surface area contributed by atoms with Crippen molar-refractivity contribution in [3.05, 3.63) is 17.5 Å². The van der Waals surface area contributed by atoms with Crippen LogP contribution >= 0.6 is 24.0 Å². The third-order valence-electron chi connectivity index (χ3n) is 3.68. The monoisotopic (exact) mass is 452 g/mol. The van der Waals surface area contributed by atoms with Gasteiger partial charge in [0.25, 0.3) is 0 Å². The van der Waals surface area contributed by atoms with Crippen LogP contribution in [0, 0.1) is 0 Å². The number of halogens is 1. The zero-order valence-electron chi connectivity index (χ0n) is 14.7. The zero-order chi connectivity index (χ0) is 16.5. The van der Waals surface area contributed by atoms with E-state index in [-0.39, 0.29) is 30.1 Å². The third-order valence-corrected chi connectivity index (χ3v) is 3.68. The normalized spacial score (nSPS) is 17.8. The van der Waals surface area contributed by atoms with Crippen molar-refractivity contribution < 1.29 is 14.0 Å². The molecule has 1 aromatic rings. The Hall–Kier alpha value is -0.870. The second-order valence-electron chi connectivity index (χ2n) is 5.94. The predicted octanol–water partition coefficient (Wildman–Crippen LogP) is 2.28. The molecule has 0 radical (unpaired) electrons. The van der Waals surface area contributed by atoms with Gasteiger partial charge in [-0.15, -0.1) is 24.0 Å². The smallest absolute Gasteiger partial charge is 0.191 e. The molecule has 1 unspecified atom stereocenters. The summed E-state index contributed by atoms with van der Waals surface area (Å²) in [6.07, 6.45) is 2.21. The minimum absolute atomic E-state index is 0.